The number of benzene rings is 1. The fourth-order valence-corrected chi connectivity index (χ4v) is 2.88. The zero-order valence-electron chi connectivity index (χ0n) is 9.99. The highest BCUT2D eigenvalue weighted by Gasteiger charge is 2.18. The summed E-state index contributed by atoms with van der Waals surface area (Å²) in [6.45, 7) is 0.787. The number of anilines is 1. The molecule has 2 heterocycles. The van der Waals surface area contributed by atoms with Crippen LogP contribution in [0.4, 0.5) is 5.69 Å². The lowest BCUT2D eigenvalue weighted by atomic mass is 10.1. The van der Waals surface area contributed by atoms with Crippen molar-refractivity contribution < 1.29 is 4.79 Å². The molecule has 3 rings (SSSR count). The molecule has 0 aliphatic carbocycles. The van der Waals surface area contributed by atoms with Gasteiger partial charge in [0.25, 0.3) is 0 Å². The van der Waals surface area contributed by atoms with E-state index in [1.54, 1.807) is 11.3 Å². The van der Waals surface area contributed by atoms with Gasteiger partial charge in [-0.15, -0.1) is 11.3 Å². The molecule has 18 heavy (non-hydrogen) atoms. The number of hydrogen-bond donors (Lipinski definition) is 2. The molecule has 0 spiro atoms. The number of carbonyl (C=O) groups is 1. The van der Waals surface area contributed by atoms with Crippen molar-refractivity contribution in [2.45, 2.75) is 13.0 Å². The van der Waals surface area contributed by atoms with Gasteiger partial charge in [-0.05, 0) is 24.7 Å². The number of aromatic nitrogens is 1. The summed E-state index contributed by atoms with van der Waals surface area (Å²) in [5, 5.41) is 9.05. The molecule has 1 aliphatic rings. The standard InChI is InChI=1S/C13H13N3OS/c1-14-6-13-16-11(7-18-13)8-2-3-10-9(4-8)5-12(17)15-10/h2-4,7,14H,5-6H2,1H3,(H,15,17). The van der Waals surface area contributed by atoms with Crippen molar-refractivity contribution in [3.8, 4) is 11.3 Å². The van der Waals surface area contributed by atoms with Crippen LogP contribution >= 0.6 is 11.3 Å². The van der Waals surface area contributed by atoms with E-state index in [9.17, 15) is 4.79 Å². The third-order valence-electron chi connectivity index (χ3n) is 2.91. The second-order valence-electron chi connectivity index (χ2n) is 4.25. The van der Waals surface area contributed by atoms with Crippen LogP contribution in [-0.4, -0.2) is 17.9 Å². The van der Waals surface area contributed by atoms with Gasteiger partial charge in [0, 0.05) is 23.2 Å². The molecular formula is C13H13N3OS. The highest BCUT2D eigenvalue weighted by Crippen LogP contribution is 2.29. The van der Waals surface area contributed by atoms with Gasteiger partial charge >= 0.3 is 0 Å². The first-order chi connectivity index (χ1) is 8.76. The predicted octanol–water partition coefficient (Wildman–Crippen LogP) is 2.02. The molecule has 0 atom stereocenters. The lowest BCUT2D eigenvalue weighted by Crippen LogP contribution is -2.04. The van der Waals surface area contributed by atoms with Crippen LogP contribution in [0, 0.1) is 0 Å². The Balaban J connectivity index is 1.92. The topological polar surface area (TPSA) is 54.0 Å². The summed E-state index contributed by atoms with van der Waals surface area (Å²) >= 11 is 1.65. The summed E-state index contributed by atoms with van der Waals surface area (Å²) in [4.78, 5) is 15.9. The van der Waals surface area contributed by atoms with Crippen LogP contribution in [0.3, 0.4) is 0 Å². The lowest BCUT2D eigenvalue weighted by Gasteiger charge is -2.01. The molecule has 1 aromatic heterocycles. The van der Waals surface area contributed by atoms with Crippen molar-refractivity contribution >= 4 is 22.9 Å². The predicted molar refractivity (Wildman–Crippen MR) is 72.6 cm³/mol. The minimum atomic E-state index is 0.0660. The van der Waals surface area contributed by atoms with E-state index in [2.05, 4.69) is 21.0 Å². The summed E-state index contributed by atoms with van der Waals surface area (Å²) in [5.41, 5.74) is 4.03. The zero-order valence-corrected chi connectivity index (χ0v) is 10.8. The van der Waals surface area contributed by atoms with E-state index < -0.39 is 0 Å². The third kappa shape index (κ3) is 2.02. The second-order valence-corrected chi connectivity index (χ2v) is 5.20. The molecule has 0 unspecified atom stereocenters. The summed E-state index contributed by atoms with van der Waals surface area (Å²) in [6, 6.07) is 6.00. The lowest BCUT2D eigenvalue weighted by molar-refractivity contribution is -0.115. The molecular weight excluding hydrogens is 246 g/mol. The molecule has 92 valence electrons. The Morgan fingerprint density at radius 3 is 3.22 bits per heavy atom. The summed E-state index contributed by atoms with van der Waals surface area (Å²) in [6.07, 6.45) is 0.469. The van der Waals surface area contributed by atoms with Crippen LogP contribution in [0.2, 0.25) is 0 Å². The van der Waals surface area contributed by atoms with Gasteiger partial charge < -0.3 is 10.6 Å². The largest absolute Gasteiger partial charge is 0.326 e. The maximum atomic E-state index is 11.3. The van der Waals surface area contributed by atoms with Crippen molar-refractivity contribution in [1.29, 1.82) is 0 Å². The van der Waals surface area contributed by atoms with Gasteiger partial charge in [0.05, 0.1) is 12.1 Å². The first-order valence-electron chi connectivity index (χ1n) is 5.78. The first kappa shape index (κ1) is 11.4. The van der Waals surface area contributed by atoms with Crippen LogP contribution in [-0.2, 0) is 17.8 Å². The van der Waals surface area contributed by atoms with Gasteiger partial charge in [-0.3, -0.25) is 4.79 Å². The normalized spacial score (nSPS) is 13.5. The Kier molecular flexibility index (Phi) is 2.85. The molecule has 5 heteroatoms. The van der Waals surface area contributed by atoms with Crippen LogP contribution in [0.25, 0.3) is 11.3 Å². The molecule has 4 nitrogen and oxygen atoms in total. The van der Waals surface area contributed by atoms with E-state index in [1.165, 1.54) is 0 Å². The number of carbonyl (C=O) groups excluding carboxylic acids is 1. The smallest absolute Gasteiger partial charge is 0.228 e. The molecule has 0 saturated heterocycles. The number of amides is 1. The van der Waals surface area contributed by atoms with Crippen molar-refractivity contribution in [3.05, 3.63) is 34.2 Å². The fourth-order valence-electron chi connectivity index (χ4n) is 2.06. The Morgan fingerprint density at radius 2 is 2.39 bits per heavy atom. The molecule has 0 fully saturated rings. The summed E-state index contributed by atoms with van der Waals surface area (Å²) in [5.74, 6) is 0.0660. The van der Waals surface area contributed by atoms with Crippen molar-refractivity contribution in [3.63, 3.8) is 0 Å². The quantitative estimate of drug-likeness (QED) is 0.886. The van der Waals surface area contributed by atoms with Crippen LogP contribution in [0.5, 0.6) is 0 Å². The number of rotatable bonds is 3. The number of thiazole rings is 1. The van der Waals surface area contributed by atoms with E-state index >= 15 is 0 Å². The molecule has 0 bridgehead atoms. The Hall–Kier alpha value is -1.72. The van der Waals surface area contributed by atoms with Gasteiger partial charge in [0.1, 0.15) is 5.01 Å². The van der Waals surface area contributed by atoms with Gasteiger partial charge in [0.15, 0.2) is 0 Å². The SMILES string of the molecule is CNCc1nc(-c2ccc3c(c2)CC(=O)N3)cs1. The monoisotopic (exact) mass is 259 g/mol. The Morgan fingerprint density at radius 1 is 1.50 bits per heavy atom. The van der Waals surface area contributed by atoms with Crippen LogP contribution in [0.15, 0.2) is 23.6 Å². The molecule has 0 radical (unpaired) electrons. The highest BCUT2D eigenvalue weighted by atomic mass is 32.1. The number of nitrogens with one attached hydrogen (secondary N) is 2. The zero-order chi connectivity index (χ0) is 12.5. The van der Waals surface area contributed by atoms with Crippen molar-refractivity contribution in [1.82, 2.24) is 10.3 Å². The van der Waals surface area contributed by atoms with Gasteiger partial charge in [0.2, 0.25) is 5.91 Å². The molecule has 1 aromatic carbocycles. The van der Waals surface area contributed by atoms with Crippen LogP contribution < -0.4 is 10.6 Å². The van der Waals surface area contributed by atoms with E-state index in [4.69, 9.17) is 0 Å². The van der Waals surface area contributed by atoms with Gasteiger partial charge in [-0.25, -0.2) is 4.98 Å². The van der Waals surface area contributed by atoms with E-state index in [-0.39, 0.29) is 5.91 Å². The number of fused-ring (bicyclic) bond motifs is 1. The van der Waals surface area contributed by atoms with Gasteiger partial charge in [-0.1, -0.05) is 6.07 Å². The van der Waals surface area contributed by atoms with Crippen LogP contribution in [0.1, 0.15) is 10.6 Å². The number of nitrogens with zero attached hydrogens (tertiary/aromatic N) is 1. The first-order valence-corrected chi connectivity index (χ1v) is 6.66. The maximum absolute atomic E-state index is 11.3. The minimum Gasteiger partial charge on any atom is -0.326 e. The molecule has 2 aromatic rings. The molecule has 1 amide bonds. The maximum Gasteiger partial charge on any atom is 0.228 e. The average Bonchev–Trinajstić information content (AvgIpc) is 2.93. The summed E-state index contributed by atoms with van der Waals surface area (Å²) < 4.78 is 0. The minimum absolute atomic E-state index is 0.0660. The molecule has 0 saturated carbocycles. The third-order valence-corrected chi connectivity index (χ3v) is 3.75. The molecule has 2 N–H and O–H groups in total. The highest BCUT2D eigenvalue weighted by molar-refractivity contribution is 7.09. The van der Waals surface area contributed by atoms with Crippen molar-refractivity contribution in [2.75, 3.05) is 12.4 Å². The summed E-state index contributed by atoms with van der Waals surface area (Å²) in [7, 11) is 1.91. The number of hydrogen-bond acceptors (Lipinski definition) is 4. The fraction of sp³-hybridized carbons (Fsp3) is 0.231. The van der Waals surface area contributed by atoms with Crippen molar-refractivity contribution in [2.24, 2.45) is 0 Å². The second kappa shape index (κ2) is 4.51. The molecule has 1 aliphatic heterocycles. The van der Waals surface area contributed by atoms with E-state index in [0.717, 1.165) is 34.1 Å². The van der Waals surface area contributed by atoms with E-state index in [1.807, 2.05) is 25.2 Å². The Bertz CT molecular complexity index is 606. The van der Waals surface area contributed by atoms with E-state index in [0.29, 0.717) is 6.42 Å². The van der Waals surface area contributed by atoms with Gasteiger partial charge in [-0.2, -0.15) is 0 Å². The Labute approximate surface area is 109 Å². The average molecular weight is 259 g/mol.